The predicted molar refractivity (Wildman–Crippen MR) is 96.2 cm³/mol. The molecule has 5 heteroatoms. The smallest absolute Gasteiger partial charge is 0.138 e. The third-order valence-electron chi connectivity index (χ3n) is 4.05. The van der Waals surface area contributed by atoms with Gasteiger partial charge in [0.15, 0.2) is 0 Å². The molecule has 1 aromatic heterocycles. The third-order valence-corrected chi connectivity index (χ3v) is 5.95. The zero-order valence-electron chi connectivity index (χ0n) is 13.4. The van der Waals surface area contributed by atoms with E-state index in [9.17, 15) is 0 Å². The maximum absolute atomic E-state index is 8.33. The molecule has 1 fully saturated rings. The number of rotatable bonds is 5. The van der Waals surface area contributed by atoms with Crippen LogP contribution >= 0.6 is 0 Å². The van der Waals surface area contributed by atoms with Gasteiger partial charge in [-0.3, -0.25) is 9.76 Å². The summed E-state index contributed by atoms with van der Waals surface area (Å²) >= 11 is 0. The van der Waals surface area contributed by atoms with E-state index in [4.69, 9.17) is 14.3 Å². The number of ether oxygens (including phenoxy) is 2. The summed E-state index contributed by atoms with van der Waals surface area (Å²) in [5.41, 5.74) is 0.834. The van der Waals surface area contributed by atoms with Gasteiger partial charge in [0.1, 0.15) is 17.2 Å². The molecule has 0 bridgehead atoms. The topological polar surface area (TPSA) is 55.2 Å². The number of fused-ring (bicyclic) bond motifs is 1. The Morgan fingerprint density at radius 3 is 2.75 bits per heavy atom. The van der Waals surface area contributed by atoms with Gasteiger partial charge in [-0.2, -0.15) is 0 Å². The monoisotopic (exact) mass is 338 g/mol. The molecule has 0 spiro atoms. The van der Waals surface area contributed by atoms with Crippen molar-refractivity contribution in [2.75, 3.05) is 7.11 Å². The molecule has 1 aliphatic carbocycles. The van der Waals surface area contributed by atoms with Gasteiger partial charge in [-0.05, 0) is 49.2 Å². The highest BCUT2D eigenvalue weighted by Gasteiger charge is 2.26. The second-order valence-corrected chi connectivity index (χ2v) is 7.62. The summed E-state index contributed by atoms with van der Waals surface area (Å²) in [6.45, 7) is 0. The van der Waals surface area contributed by atoms with Crippen LogP contribution in [0.4, 0.5) is 0 Å². The maximum Gasteiger partial charge on any atom is 0.138 e. The minimum absolute atomic E-state index is 0.433. The lowest BCUT2D eigenvalue weighted by Crippen LogP contribution is -1.96. The van der Waals surface area contributed by atoms with E-state index >= 15 is 0 Å². The molecule has 4 nitrogen and oxygen atoms in total. The summed E-state index contributed by atoms with van der Waals surface area (Å²) in [6.07, 6.45) is 4.09. The van der Waals surface area contributed by atoms with Crippen LogP contribution in [0.15, 0.2) is 59.6 Å². The Hall–Kier alpha value is -2.40. The zero-order valence-corrected chi connectivity index (χ0v) is 14.2. The number of aromatic nitrogens is 1. The number of benzene rings is 2. The lowest BCUT2D eigenvalue weighted by molar-refractivity contribution is 0.415. The van der Waals surface area contributed by atoms with E-state index in [-0.39, 0.29) is 0 Å². The van der Waals surface area contributed by atoms with E-state index < -0.39 is 10.7 Å². The minimum Gasteiger partial charge on any atom is -0.497 e. The van der Waals surface area contributed by atoms with Gasteiger partial charge in [-0.25, -0.2) is 0 Å². The number of methoxy groups -OCH3 is 1. The molecule has 1 saturated carbocycles. The van der Waals surface area contributed by atoms with Gasteiger partial charge in [0.05, 0.1) is 12.6 Å². The number of pyridine rings is 1. The van der Waals surface area contributed by atoms with Crippen molar-refractivity contribution in [2.24, 2.45) is 0 Å². The number of nitrogens with one attached hydrogen (secondary N) is 1. The highest BCUT2D eigenvalue weighted by Crippen LogP contribution is 2.34. The summed E-state index contributed by atoms with van der Waals surface area (Å²) in [5.74, 6) is 2.30. The SMILES string of the molecule is COc1ccc2c(Oc3cccc(S(=N)C4CC4)c3)ccnc2c1. The second kappa shape index (κ2) is 6.24. The van der Waals surface area contributed by atoms with E-state index in [1.807, 2.05) is 48.5 Å². The van der Waals surface area contributed by atoms with Crippen LogP contribution in [0, 0.1) is 4.78 Å². The van der Waals surface area contributed by atoms with Crippen LogP contribution in [-0.2, 0) is 10.7 Å². The fourth-order valence-electron chi connectivity index (χ4n) is 2.62. The maximum atomic E-state index is 8.33. The molecular weight excluding hydrogens is 320 g/mol. The van der Waals surface area contributed by atoms with Gasteiger partial charge in [0.25, 0.3) is 0 Å². The fraction of sp³-hybridized carbons (Fsp3) is 0.211. The molecular formula is C19H18N2O2S. The zero-order chi connectivity index (χ0) is 16.5. The van der Waals surface area contributed by atoms with E-state index in [1.165, 1.54) is 12.8 Å². The normalized spacial score (nSPS) is 15.2. The summed E-state index contributed by atoms with van der Waals surface area (Å²) in [4.78, 5) is 5.43. The van der Waals surface area contributed by atoms with Crippen molar-refractivity contribution in [3.63, 3.8) is 0 Å². The van der Waals surface area contributed by atoms with Crippen LogP contribution in [0.25, 0.3) is 10.9 Å². The Morgan fingerprint density at radius 1 is 1.08 bits per heavy atom. The molecule has 122 valence electrons. The largest absolute Gasteiger partial charge is 0.497 e. The van der Waals surface area contributed by atoms with Crippen LogP contribution in [-0.4, -0.2) is 17.3 Å². The predicted octanol–water partition coefficient (Wildman–Crippen LogP) is 4.94. The molecule has 0 saturated heterocycles. The molecule has 1 unspecified atom stereocenters. The Balaban J connectivity index is 1.66. The average Bonchev–Trinajstić information content (AvgIpc) is 3.46. The molecule has 1 N–H and O–H groups in total. The highest BCUT2D eigenvalue weighted by atomic mass is 32.2. The van der Waals surface area contributed by atoms with Gasteiger partial charge in [-0.15, -0.1) is 0 Å². The van der Waals surface area contributed by atoms with E-state index in [0.29, 0.717) is 5.25 Å². The van der Waals surface area contributed by atoms with Crippen LogP contribution in [0.2, 0.25) is 0 Å². The van der Waals surface area contributed by atoms with Gasteiger partial charge in [0.2, 0.25) is 0 Å². The summed E-state index contributed by atoms with van der Waals surface area (Å²) in [5, 5.41) is 1.48. The first kappa shape index (κ1) is 15.1. The molecule has 0 aliphatic heterocycles. The van der Waals surface area contributed by atoms with Crippen molar-refractivity contribution in [3.05, 3.63) is 54.7 Å². The first-order valence-electron chi connectivity index (χ1n) is 7.89. The van der Waals surface area contributed by atoms with Crippen LogP contribution < -0.4 is 9.47 Å². The van der Waals surface area contributed by atoms with Crippen LogP contribution in [0.5, 0.6) is 17.2 Å². The van der Waals surface area contributed by atoms with Crippen molar-refractivity contribution in [1.29, 1.82) is 4.78 Å². The van der Waals surface area contributed by atoms with E-state index in [1.54, 1.807) is 13.3 Å². The Kier molecular flexibility index (Phi) is 3.94. The fourth-order valence-corrected chi connectivity index (χ4v) is 4.08. The van der Waals surface area contributed by atoms with Crippen molar-refractivity contribution < 1.29 is 9.47 Å². The van der Waals surface area contributed by atoms with Gasteiger partial charge in [-0.1, -0.05) is 16.8 Å². The van der Waals surface area contributed by atoms with Crippen molar-refractivity contribution >= 4 is 21.6 Å². The standard InChI is InChI=1S/C19H18N2O2S/c1-22-13-5-8-17-18(12-13)21-10-9-19(17)23-14-3-2-4-16(11-14)24(20)15-6-7-15/h2-5,8-12,15,20H,6-7H2,1H3. The summed E-state index contributed by atoms with van der Waals surface area (Å²) in [7, 11) is 1.21. The lowest BCUT2D eigenvalue weighted by Gasteiger charge is -2.11. The van der Waals surface area contributed by atoms with Crippen LogP contribution in [0.3, 0.4) is 0 Å². The van der Waals surface area contributed by atoms with E-state index in [0.717, 1.165) is 33.0 Å². The van der Waals surface area contributed by atoms with Crippen molar-refractivity contribution in [1.82, 2.24) is 4.98 Å². The molecule has 1 heterocycles. The minimum atomic E-state index is -0.433. The molecule has 4 rings (SSSR count). The van der Waals surface area contributed by atoms with Gasteiger partial charge in [0, 0.05) is 27.8 Å². The summed E-state index contributed by atoms with van der Waals surface area (Å²) in [6, 6.07) is 15.5. The molecule has 24 heavy (non-hydrogen) atoms. The molecule has 1 atom stereocenters. The summed E-state index contributed by atoms with van der Waals surface area (Å²) < 4.78 is 19.7. The molecule has 1 aliphatic rings. The first-order valence-corrected chi connectivity index (χ1v) is 9.18. The highest BCUT2D eigenvalue weighted by molar-refractivity contribution is 7.87. The quantitative estimate of drug-likeness (QED) is 0.717. The first-order chi connectivity index (χ1) is 11.7. The number of hydrogen-bond acceptors (Lipinski definition) is 4. The molecule has 0 amide bonds. The Morgan fingerprint density at radius 2 is 1.96 bits per heavy atom. The van der Waals surface area contributed by atoms with Crippen LogP contribution in [0.1, 0.15) is 12.8 Å². The Labute approximate surface area is 143 Å². The number of nitrogens with zero attached hydrogens (tertiary/aromatic N) is 1. The third kappa shape index (κ3) is 2.99. The van der Waals surface area contributed by atoms with Gasteiger partial charge >= 0.3 is 0 Å². The van der Waals surface area contributed by atoms with Crippen molar-refractivity contribution in [2.45, 2.75) is 23.0 Å². The molecule has 3 aromatic rings. The lowest BCUT2D eigenvalue weighted by atomic mass is 10.2. The molecule has 2 aromatic carbocycles. The molecule has 0 radical (unpaired) electrons. The average molecular weight is 338 g/mol. The Bertz CT molecular complexity index is 922. The second-order valence-electron chi connectivity index (χ2n) is 5.81. The van der Waals surface area contributed by atoms with E-state index in [2.05, 4.69) is 4.98 Å². The van der Waals surface area contributed by atoms with Crippen molar-refractivity contribution in [3.8, 4) is 17.2 Å². The van der Waals surface area contributed by atoms with Gasteiger partial charge < -0.3 is 9.47 Å². The number of hydrogen-bond donors (Lipinski definition) is 1.